The van der Waals surface area contributed by atoms with E-state index in [9.17, 15) is 0 Å². The first-order chi connectivity index (χ1) is 5.97. The molecule has 0 heterocycles. The van der Waals surface area contributed by atoms with E-state index in [4.69, 9.17) is 0 Å². The summed E-state index contributed by atoms with van der Waals surface area (Å²) in [5.41, 5.74) is 1.52. The van der Waals surface area contributed by atoms with Gasteiger partial charge in [0.25, 0.3) is 0 Å². The average molecular weight is 159 g/mol. The molecule has 12 heavy (non-hydrogen) atoms. The molecule has 0 aromatic heterocycles. The van der Waals surface area contributed by atoms with Crippen LogP contribution in [0.4, 0.5) is 0 Å². The van der Waals surface area contributed by atoms with Gasteiger partial charge in [0.05, 0.1) is 17.7 Å². The van der Waals surface area contributed by atoms with Gasteiger partial charge in [0, 0.05) is 12.0 Å². The molecule has 1 saturated carbocycles. The largest absolute Gasteiger partial charge is 0.103 e. The Labute approximate surface area is 74.7 Å². The Morgan fingerprint density at radius 1 is 1.17 bits per heavy atom. The van der Waals surface area contributed by atoms with Crippen LogP contribution >= 0.6 is 0 Å². The van der Waals surface area contributed by atoms with E-state index < -0.39 is 0 Å². The van der Waals surface area contributed by atoms with Crippen molar-refractivity contribution < 1.29 is 0 Å². The van der Waals surface area contributed by atoms with Crippen LogP contribution < -0.4 is 0 Å². The van der Waals surface area contributed by atoms with Gasteiger partial charge < -0.3 is 0 Å². The minimum absolute atomic E-state index is 0.841. The van der Waals surface area contributed by atoms with E-state index >= 15 is 0 Å². The fraction of sp³-hybridized carbons (Fsp3) is 0.500. The van der Waals surface area contributed by atoms with Crippen molar-refractivity contribution in [1.82, 2.24) is 0 Å². The lowest BCUT2D eigenvalue weighted by Crippen LogP contribution is -2.08. The first kappa shape index (κ1) is 7.76. The third-order valence-electron chi connectivity index (χ3n) is 2.82. The standard InChI is InChI=1S/C12H15/c1-3-7-11(8-4-1)12-9-5-2-6-10-12/h5-6,9-11H,1,3-4,7-8H2/q+1. The van der Waals surface area contributed by atoms with Crippen molar-refractivity contribution in [3.05, 3.63) is 36.0 Å². The summed E-state index contributed by atoms with van der Waals surface area (Å²) in [6.07, 6.45) is 18.6. The Balaban J connectivity index is 2.03. The van der Waals surface area contributed by atoms with E-state index in [0.717, 1.165) is 5.92 Å². The minimum Gasteiger partial charge on any atom is -0.0533 e. The lowest BCUT2D eigenvalue weighted by atomic mass is 9.83. The van der Waals surface area contributed by atoms with Crippen LogP contribution in [-0.4, -0.2) is 0 Å². The van der Waals surface area contributed by atoms with Gasteiger partial charge in [-0.3, -0.25) is 0 Å². The Hall–Kier alpha value is -0.870. The van der Waals surface area contributed by atoms with Crippen LogP contribution in [0.3, 0.4) is 0 Å². The summed E-state index contributed by atoms with van der Waals surface area (Å²) in [5.74, 6) is 0.841. The molecule has 0 aliphatic heterocycles. The molecule has 2 aliphatic rings. The molecule has 0 aromatic carbocycles. The zero-order chi connectivity index (χ0) is 8.23. The van der Waals surface area contributed by atoms with E-state index in [1.807, 2.05) is 12.2 Å². The molecule has 0 nitrogen and oxygen atoms in total. The normalized spacial score (nSPS) is 23.5. The highest BCUT2D eigenvalue weighted by molar-refractivity contribution is 5.31. The fourth-order valence-electron chi connectivity index (χ4n) is 2.11. The van der Waals surface area contributed by atoms with Crippen molar-refractivity contribution >= 4 is 0 Å². The predicted molar refractivity (Wildman–Crippen MR) is 51.6 cm³/mol. The molecular formula is C12H15+. The molecule has 0 saturated heterocycles. The summed E-state index contributed by atoms with van der Waals surface area (Å²) >= 11 is 0. The molecule has 0 heteroatoms. The molecule has 62 valence electrons. The second-order valence-corrected chi connectivity index (χ2v) is 3.67. The lowest BCUT2D eigenvalue weighted by Gasteiger charge is -2.19. The second-order valence-electron chi connectivity index (χ2n) is 3.67. The van der Waals surface area contributed by atoms with Gasteiger partial charge in [-0.2, -0.15) is 0 Å². The van der Waals surface area contributed by atoms with E-state index in [-0.39, 0.29) is 0 Å². The molecule has 2 aliphatic carbocycles. The fourth-order valence-corrected chi connectivity index (χ4v) is 2.11. The number of hydrogen-bond acceptors (Lipinski definition) is 0. The van der Waals surface area contributed by atoms with Crippen molar-refractivity contribution in [1.29, 1.82) is 0 Å². The van der Waals surface area contributed by atoms with Crippen LogP contribution in [0.1, 0.15) is 32.1 Å². The van der Waals surface area contributed by atoms with Gasteiger partial charge in [0.15, 0.2) is 0 Å². The van der Waals surface area contributed by atoms with Gasteiger partial charge in [-0.15, -0.1) is 0 Å². The van der Waals surface area contributed by atoms with Crippen LogP contribution in [0, 0.1) is 12.0 Å². The maximum absolute atomic E-state index is 3.07. The molecule has 1 fully saturated rings. The van der Waals surface area contributed by atoms with Crippen molar-refractivity contribution in [3.8, 4) is 0 Å². The van der Waals surface area contributed by atoms with Crippen molar-refractivity contribution in [2.45, 2.75) is 32.1 Å². The summed E-state index contributed by atoms with van der Waals surface area (Å²) in [6.45, 7) is 0. The third kappa shape index (κ3) is 1.65. The van der Waals surface area contributed by atoms with Crippen molar-refractivity contribution in [2.75, 3.05) is 0 Å². The topological polar surface area (TPSA) is 0 Å². The average Bonchev–Trinajstić information content (AvgIpc) is 2.21. The minimum atomic E-state index is 0.841. The summed E-state index contributed by atoms with van der Waals surface area (Å²) in [5, 5.41) is 0. The SMILES string of the molecule is [C+]1=CC=C(C2CCCCC2)C=C1. The zero-order valence-electron chi connectivity index (χ0n) is 7.42. The molecule has 0 unspecified atom stereocenters. The molecule has 0 amide bonds. The monoisotopic (exact) mass is 159 g/mol. The Kier molecular flexibility index (Phi) is 2.39. The van der Waals surface area contributed by atoms with Gasteiger partial charge >= 0.3 is 0 Å². The molecule has 0 N–H and O–H groups in total. The zero-order valence-corrected chi connectivity index (χ0v) is 7.42. The van der Waals surface area contributed by atoms with E-state index in [2.05, 4.69) is 18.2 Å². The van der Waals surface area contributed by atoms with Crippen molar-refractivity contribution in [2.24, 2.45) is 5.92 Å². The van der Waals surface area contributed by atoms with Gasteiger partial charge in [-0.05, 0) is 12.8 Å². The second kappa shape index (κ2) is 3.69. The van der Waals surface area contributed by atoms with E-state index in [1.165, 1.54) is 37.7 Å². The summed E-state index contributed by atoms with van der Waals surface area (Å²) in [7, 11) is 0. The molecule has 0 spiro atoms. The van der Waals surface area contributed by atoms with Crippen LogP contribution in [0.2, 0.25) is 0 Å². The Bertz CT molecular complexity index is 224. The highest BCUT2D eigenvalue weighted by Crippen LogP contribution is 2.30. The molecule has 0 radical (unpaired) electrons. The molecule has 2 rings (SSSR count). The van der Waals surface area contributed by atoms with Gasteiger partial charge in [-0.1, -0.05) is 19.3 Å². The molecule has 0 aromatic rings. The first-order valence-corrected chi connectivity index (χ1v) is 4.93. The Morgan fingerprint density at radius 3 is 2.67 bits per heavy atom. The number of rotatable bonds is 1. The van der Waals surface area contributed by atoms with Crippen LogP contribution in [0.15, 0.2) is 29.9 Å². The van der Waals surface area contributed by atoms with Crippen molar-refractivity contribution in [3.63, 3.8) is 0 Å². The van der Waals surface area contributed by atoms with Gasteiger partial charge in [0.2, 0.25) is 0 Å². The number of allylic oxidation sites excluding steroid dienone is 6. The summed E-state index contributed by atoms with van der Waals surface area (Å²) in [6, 6.07) is 0. The summed E-state index contributed by atoms with van der Waals surface area (Å²) < 4.78 is 0. The highest BCUT2D eigenvalue weighted by Gasteiger charge is 2.19. The lowest BCUT2D eigenvalue weighted by molar-refractivity contribution is 0.408. The van der Waals surface area contributed by atoms with Crippen LogP contribution in [-0.2, 0) is 0 Å². The van der Waals surface area contributed by atoms with Crippen LogP contribution in [0.5, 0.6) is 0 Å². The predicted octanol–water partition coefficient (Wildman–Crippen LogP) is 3.42. The van der Waals surface area contributed by atoms with E-state index in [1.54, 1.807) is 0 Å². The first-order valence-electron chi connectivity index (χ1n) is 4.93. The molecule has 0 bridgehead atoms. The van der Waals surface area contributed by atoms with Crippen LogP contribution in [0.25, 0.3) is 0 Å². The van der Waals surface area contributed by atoms with Gasteiger partial charge in [-0.25, -0.2) is 0 Å². The maximum atomic E-state index is 3.07. The molecular weight excluding hydrogens is 144 g/mol. The quantitative estimate of drug-likeness (QED) is 0.514. The number of hydrogen-bond donors (Lipinski definition) is 0. The summed E-state index contributed by atoms with van der Waals surface area (Å²) in [4.78, 5) is 0. The molecule has 0 atom stereocenters. The van der Waals surface area contributed by atoms with E-state index in [0.29, 0.717) is 0 Å². The van der Waals surface area contributed by atoms with Gasteiger partial charge in [0.1, 0.15) is 12.2 Å². The third-order valence-corrected chi connectivity index (χ3v) is 2.82. The maximum Gasteiger partial charge on any atom is 0.103 e. The smallest absolute Gasteiger partial charge is 0.0533 e. The highest BCUT2D eigenvalue weighted by atomic mass is 14.2. The Morgan fingerprint density at radius 2 is 2.00 bits per heavy atom.